The first kappa shape index (κ1) is 22.7. The molecule has 0 aromatic rings. The average Bonchev–Trinajstić information content (AvgIpc) is 2.43. The third-order valence-electron chi connectivity index (χ3n) is 2.92. The van der Waals surface area contributed by atoms with E-state index < -0.39 is 0 Å². The minimum absolute atomic E-state index is 0. The van der Waals surface area contributed by atoms with Gasteiger partial charge in [0.05, 0.1) is 19.6 Å². The number of halogens is 1. The number of nitrogens with one attached hydrogen (secondary N) is 2. The monoisotopic (exact) mass is 415 g/mol. The van der Waals surface area contributed by atoms with Gasteiger partial charge in [0.15, 0.2) is 5.96 Å². The number of ether oxygens (including phenoxy) is 2. The summed E-state index contributed by atoms with van der Waals surface area (Å²) >= 11 is 0. The van der Waals surface area contributed by atoms with Crippen molar-refractivity contribution in [3.8, 4) is 0 Å². The summed E-state index contributed by atoms with van der Waals surface area (Å²) in [7, 11) is 3.09. The smallest absolute Gasteiger partial charge is 0.307 e. The molecule has 21 heavy (non-hydrogen) atoms. The Hall–Kier alpha value is -0.570. The van der Waals surface area contributed by atoms with E-state index in [9.17, 15) is 4.79 Å². The van der Waals surface area contributed by atoms with Crippen LogP contribution < -0.4 is 10.6 Å². The Kier molecular flexibility index (Phi) is 15.5. The molecule has 0 radical (unpaired) electrons. The minimum atomic E-state index is -0.232. The first-order chi connectivity index (χ1) is 9.54. The van der Waals surface area contributed by atoms with Crippen LogP contribution in [0.15, 0.2) is 4.99 Å². The lowest BCUT2D eigenvalue weighted by molar-refractivity contribution is -0.140. The van der Waals surface area contributed by atoms with Crippen molar-refractivity contribution in [2.24, 2.45) is 10.9 Å². The van der Waals surface area contributed by atoms with Crippen LogP contribution in [0.25, 0.3) is 0 Å². The highest BCUT2D eigenvalue weighted by molar-refractivity contribution is 14.0. The van der Waals surface area contributed by atoms with E-state index >= 15 is 0 Å². The molecule has 0 spiro atoms. The lowest BCUT2D eigenvalue weighted by atomic mass is 10.0. The minimum Gasteiger partial charge on any atom is -0.469 e. The number of hydrogen-bond donors (Lipinski definition) is 2. The predicted molar refractivity (Wildman–Crippen MR) is 96.3 cm³/mol. The van der Waals surface area contributed by atoms with Crippen LogP contribution >= 0.6 is 24.0 Å². The Morgan fingerprint density at radius 3 is 2.33 bits per heavy atom. The summed E-state index contributed by atoms with van der Waals surface area (Å²) < 4.78 is 10.3. The normalized spacial score (nSPS) is 12.6. The number of carbonyl (C=O) groups excluding carboxylic acids is 1. The van der Waals surface area contributed by atoms with Gasteiger partial charge in [0.1, 0.15) is 0 Å². The molecule has 6 nitrogen and oxygen atoms in total. The number of aliphatic imine (C=N–C) groups is 1. The van der Waals surface area contributed by atoms with Gasteiger partial charge < -0.3 is 20.1 Å². The number of esters is 1. The molecule has 0 aromatic carbocycles. The highest BCUT2D eigenvalue weighted by atomic mass is 127. The van der Waals surface area contributed by atoms with E-state index in [1.807, 2.05) is 6.92 Å². The quantitative estimate of drug-likeness (QED) is 0.260. The van der Waals surface area contributed by atoms with Crippen molar-refractivity contribution in [2.75, 3.05) is 33.9 Å². The molecule has 0 rings (SSSR count). The molecule has 7 heteroatoms. The summed E-state index contributed by atoms with van der Waals surface area (Å²) in [4.78, 5) is 15.1. The van der Waals surface area contributed by atoms with E-state index in [1.165, 1.54) is 7.11 Å². The van der Waals surface area contributed by atoms with Crippen molar-refractivity contribution in [2.45, 2.75) is 39.7 Å². The second kappa shape index (κ2) is 14.4. The van der Waals surface area contributed by atoms with Crippen molar-refractivity contribution in [3.63, 3.8) is 0 Å². The lowest BCUT2D eigenvalue weighted by Crippen LogP contribution is -2.40. The summed E-state index contributed by atoms with van der Waals surface area (Å²) in [6.45, 7) is 8.34. The van der Waals surface area contributed by atoms with E-state index in [4.69, 9.17) is 4.74 Å². The van der Waals surface area contributed by atoms with Crippen LogP contribution in [0.5, 0.6) is 0 Å². The fourth-order valence-corrected chi connectivity index (χ4v) is 1.76. The molecule has 0 aliphatic heterocycles. The number of methoxy groups -OCH3 is 1. The van der Waals surface area contributed by atoms with Gasteiger partial charge in [-0.2, -0.15) is 0 Å². The van der Waals surface area contributed by atoms with Crippen molar-refractivity contribution < 1.29 is 14.3 Å². The third-order valence-corrected chi connectivity index (χ3v) is 2.92. The van der Waals surface area contributed by atoms with Gasteiger partial charge in [-0.3, -0.25) is 9.79 Å². The maximum Gasteiger partial charge on any atom is 0.307 e. The Morgan fingerprint density at radius 1 is 1.24 bits per heavy atom. The van der Waals surface area contributed by atoms with Crippen molar-refractivity contribution in [3.05, 3.63) is 0 Å². The van der Waals surface area contributed by atoms with Gasteiger partial charge in [0.25, 0.3) is 0 Å². The zero-order valence-electron chi connectivity index (χ0n) is 13.8. The third kappa shape index (κ3) is 11.7. The molecule has 0 saturated carbocycles. The van der Waals surface area contributed by atoms with Gasteiger partial charge in [0.2, 0.25) is 0 Å². The molecule has 0 saturated heterocycles. The van der Waals surface area contributed by atoms with Crippen molar-refractivity contribution in [1.82, 2.24) is 10.6 Å². The maximum atomic E-state index is 11.0. The Bertz CT molecular complexity index is 299. The van der Waals surface area contributed by atoms with Gasteiger partial charge in [0, 0.05) is 26.7 Å². The maximum absolute atomic E-state index is 11.0. The van der Waals surface area contributed by atoms with Crippen LogP contribution in [0, 0.1) is 5.92 Å². The Morgan fingerprint density at radius 2 is 1.86 bits per heavy atom. The molecule has 126 valence electrons. The van der Waals surface area contributed by atoms with Crippen molar-refractivity contribution >= 4 is 35.9 Å². The Balaban J connectivity index is 0. The fourth-order valence-electron chi connectivity index (χ4n) is 1.76. The summed E-state index contributed by atoms with van der Waals surface area (Å²) in [5, 5.41) is 6.28. The number of rotatable bonds is 9. The summed E-state index contributed by atoms with van der Waals surface area (Å²) in [6, 6.07) is 0. The highest BCUT2D eigenvalue weighted by Gasteiger charge is 2.12. The number of carbonyl (C=O) groups is 1. The first-order valence-electron chi connectivity index (χ1n) is 7.18. The molecular formula is C14H30IN3O3. The topological polar surface area (TPSA) is 72.0 Å². The van der Waals surface area contributed by atoms with Gasteiger partial charge in [-0.1, -0.05) is 13.8 Å². The standard InChI is InChI=1S/C14H29N3O3.HI/c1-6-20-12(11(2)3)7-9-16-14(15-4)17-10-8-13(18)19-5;/h11-12H,6-10H2,1-5H3,(H2,15,16,17);1H. The second-order valence-electron chi connectivity index (χ2n) is 4.78. The number of nitrogens with zero attached hydrogens (tertiary/aromatic N) is 1. The van der Waals surface area contributed by atoms with E-state index in [1.54, 1.807) is 7.05 Å². The van der Waals surface area contributed by atoms with Crippen LogP contribution in [0.3, 0.4) is 0 Å². The average molecular weight is 415 g/mol. The van der Waals surface area contributed by atoms with Crippen LogP contribution in [-0.2, 0) is 14.3 Å². The molecule has 0 amide bonds. The lowest BCUT2D eigenvalue weighted by Gasteiger charge is -2.21. The van der Waals surface area contributed by atoms with Gasteiger partial charge in [-0.05, 0) is 19.3 Å². The van der Waals surface area contributed by atoms with E-state index in [0.29, 0.717) is 24.8 Å². The highest BCUT2D eigenvalue weighted by Crippen LogP contribution is 2.09. The molecular weight excluding hydrogens is 385 g/mol. The molecule has 0 heterocycles. The van der Waals surface area contributed by atoms with Crippen LogP contribution in [-0.4, -0.2) is 51.9 Å². The van der Waals surface area contributed by atoms with Gasteiger partial charge in [-0.15, -0.1) is 24.0 Å². The van der Waals surface area contributed by atoms with Crippen molar-refractivity contribution in [1.29, 1.82) is 0 Å². The first-order valence-corrected chi connectivity index (χ1v) is 7.18. The summed E-state index contributed by atoms with van der Waals surface area (Å²) in [6.07, 6.45) is 1.49. The van der Waals surface area contributed by atoms with Gasteiger partial charge >= 0.3 is 5.97 Å². The van der Waals surface area contributed by atoms with E-state index in [-0.39, 0.29) is 36.0 Å². The Labute approximate surface area is 145 Å². The SMILES string of the molecule is CCOC(CCNC(=NC)NCCC(=O)OC)C(C)C.I. The molecule has 0 aromatic heterocycles. The largest absolute Gasteiger partial charge is 0.469 e. The van der Waals surface area contributed by atoms with Crippen LogP contribution in [0.2, 0.25) is 0 Å². The number of hydrogen-bond acceptors (Lipinski definition) is 4. The van der Waals surface area contributed by atoms with Crippen LogP contribution in [0.1, 0.15) is 33.6 Å². The van der Waals surface area contributed by atoms with Crippen LogP contribution in [0.4, 0.5) is 0 Å². The van der Waals surface area contributed by atoms with Gasteiger partial charge in [-0.25, -0.2) is 0 Å². The van der Waals surface area contributed by atoms with E-state index in [2.05, 4.69) is 34.2 Å². The molecule has 1 unspecified atom stereocenters. The van der Waals surface area contributed by atoms with E-state index in [0.717, 1.165) is 19.6 Å². The zero-order chi connectivity index (χ0) is 15.4. The molecule has 0 bridgehead atoms. The summed E-state index contributed by atoms with van der Waals surface area (Å²) in [5.41, 5.74) is 0. The fraction of sp³-hybridized carbons (Fsp3) is 0.857. The molecule has 2 N–H and O–H groups in total. The number of guanidine groups is 1. The molecule has 0 aliphatic rings. The molecule has 0 aliphatic carbocycles. The second-order valence-corrected chi connectivity index (χ2v) is 4.78. The summed E-state index contributed by atoms with van der Waals surface area (Å²) in [5.74, 6) is 0.947. The molecule has 0 fully saturated rings. The predicted octanol–water partition coefficient (Wildman–Crippen LogP) is 1.78. The molecule has 1 atom stereocenters. The zero-order valence-corrected chi connectivity index (χ0v) is 16.1.